The Morgan fingerprint density at radius 2 is 2.11 bits per heavy atom. The molecule has 98 valence electrons. The van der Waals surface area contributed by atoms with Crippen LogP contribution in [0, 0.1) is 0 Å². The Bertz CT molecular complexity index is 466. The number of amides is 1. The van der Waals surface area contributed by atoms with Gasteiger partial charge in [0, 0.05) is 27.7 Å². The van der Waals surface area contributed by atoms with Crippen LogP contribution in [0.2, 0.25) is 5.28 Å². The minimum Gasteiger partial charge on any atom is -0.347 e. The van der Waals surface area contributed by atoms with E-state index in [-0.39, 0.29) is 17.2 Å². The van der Waals surface area contributed by atoms with Crippen molar-refractivity contribution in [3.63, 3.8) is 0 Å². The summed E-state index contributed by atoms with van der Waals surface area (Å²) in [7, 11) is 5.39. The molecule has 0 spiro atoms. The summed E-state index contributed by atoms with van der Waals surface area (Å²) < 4.78 is 0. The maximum Gasteiger partial charge on any atom is 0.244 e. The second-order valence-electron chi connectivity index (χ2n) is 4.37. The van der Waals surface area contributed by atoms with Gasteiger partial charge in [-0.2, -0.15) is 15.0 Å². The highest BCUT2D eigenvalue weighted by Crippen LogP contribution is 2.16. The Labute approximate surface area is 110 Å². The molecule has 0 radical (unpaired) electrons. The third-order valence-corrected chi connectivity index (χ3v) is 2.90. The Balaban J connectivity index is 2.17. The summed E-state index contributed by atoms with van der Waals surface area (Å²) in [6.07, 6.45) is 0.732. The molecule has 2 heterocycles. The number of carbonyl (C=O) groups is 1. The maximum atomic E-state index is 11.8. The molecule has 0 aromatic carbocycles. The van der Waals surface area contributed by atoms with Gasteiger partial charge in [-0.25, -0.2) is 0 Å². The van der Waals surface area contributed by atoms with Gasteiger partial charge in [0.15, 0.2) is 0 Å². The lowest BCUT2D eigenvalue weighted by atomic mass is 10.2. The van der Waals surface area contributed by atoms with E-state index in [1.807, 2.05) is 14.1 Å². The summed E-state index contributed by atoms with van der Waals surface area (Å²) in [5, 5.41) is 3.10. The van der Waals surface area contributed by atoms with Crippen molar-refractivity contribution in [1.29, 1.82) is 0 Å². The van der Waals surface area contributed by atoms with Crippen molar-refractivity contribution in [3.05, 3.63) is 5.28 Å². The van der Waals surface area contributed by atoms with E-state index in [2.05, 4.69) is 20.3 Å². The fraction of sp³-hybridized carbons (Fsp3) is 0.600. The van der Waals surface area contributed by atoms with Crippen molar-refractivity contribution in [3.8, 4) is 0 Å². The van der Waals surface area contributed by atoms with Gasteiger partial charge in [-0.15, -0.1) is 0 Å². The summed E-state index contributed by atoms with van der Waals surface area (Å²) in [5.41, 5.74) is 0. The summed E-state index contributed by atoms with van der Waals surface area (Å²) in [5.74, 6) is 0.821. The first-order valence-corrected chi connectivity index (χ1v) is 5.95. The van der Waals surface area contributed by atoms with Crippen LogP contribution in [0.25, 0.3) is 0 Å². The van der Waals surface area contributed by atoms with Crippen LogP contribution in [0.4, 0.5) is 11.9 Å². The smallest absolute Gasteiger partial charge is 0.244 e. The minimum atomic E-state index is -0.288. The first-order chi connectivity index (χ1) is 8.47. The molecule has 1 fully saturated rings. The molecule has 0 bridgehead atoms. The first kappa shape index (κ1) is 12.8. The van der Waals surface area contributed by atoms with Crippen molar-refractivity contribution in [1.82, 2.24) is 19.9 Å². The number of anilines is 2. The van der Waals surface area contributed by atoms with E-state index in [1.165, 1.54) is 0 Å². The third kappa shape index (κ3) is 2.61. The lowest BCUT2D eigenvalue weighted by molar-refractivity contribution is -0.127. The maximum absolute atomic E-state index is 11.8. The number of aromatic nitrogens is 3. The van der Waals surface area contributed by atoms with Crippen molar-refractivity contribution >= 4 is 29.4 Å². The summed E-state index contributed by atoms with van der Waals surface area (Å²) in [4.78, 5) is 27.3. The van der Waals surface area contributed by atoms with Crippen LogP contribution >= 0.6 is 11.6 Å². The Morgan fingerprint density at radius 1 is 1.39 bits per heavy atom. The van der Waals surface area contributed by atoms with Gasteiger partial charge in [0.1, 0.15) is 6.04 Å². The summed E-state index contributed by atoms with van der Waals surface area (Å²) in [6, 6.07) is -0.288. The predicted octanol–water partition coefficient (Wildman–Crippen LogP) is 0.234. The molecule has 1 amide bonds. The van der Waals surface area contributed by atoms with E-state index in [4.69, 9.17) is 11.6 Å². The van der Waals surface area contributed by atoms with Gasteiger partial charge in [-0.1, -0.05) is 0 Å². The van der Waals surface area contributed by atoms with Crippen LogP contribution in [0.5, 0.6) is 0 Å². The van der Waals surface area contributed by atoms with Gasteiger partial charge in [0.2, 0.25) is 23.1 Å². The Morgan fingerprint density at radius 3 is 2.67 bits per heavy atom. The quantitative estimate of drug-likeness (QED) is 0.848. The molecular formula is C10H15ClN6O. The number of carbonyl (C=O) groups excluding carboxylic acids is 1. The SMILES string of the molecule is CN1CCC(Nc2nc(Cl)nc(N(C)C)n2)C1=O. The van der Waals surface area contributed by atoms with Crippen LogP contribution in [0.15, 0.2) is 0 Å². The summed E-state index contributed by atoms with van der Waals surface area (Å²) in [6.45, 7) is 0.732. The molecule has 2 rings (SSSR count). The number of rotatable bonds is 3. The van der Waals surface area contributed by atoms with E-state index >= 15 is 0 Å². The zero-order valence-electron chi connectivity index (χ0n) is 10.5. The van der Waals surface area contributed by atoms with Crippen LogP contribution < -0.4 is 10.2 Å². The second kappa shape index (κ2) is 4.93. The molecule has 1 aromatic heterocycles. The fourth-order valence-electron chi connectivity index (χ4n) is 1.72. The predicted molar refractivity (Wildman–Crippen MR) is 68.8 cm³/mol. The number of halogens is 1. The topological polar surface area (TPSA) is 74.2 Å². The van der Waals surface area contributed by atoms with E-state index < -0.39 is 0 Å². The van der Waals surface area contributed by atoms with Crippen molar-refractivity contribution in [2.45, 2.75) is 12.5 Å². The van der Waals surface area contributed by atoms with Gasteiger partial charge in [-0.05, 0) is 18.0 Å². The summed E-state index contributed by atoms with van der Waals surface area (Å²) >= 11 is 5.82. The van der Waals surface area contributed by atoms with Crippen molar-refractivity contribution < 1.29 is 4.79 Å². The van der Waals surface area contributed by atoms with Crippen LogP contribution in [0.3, 0.4) is 0 Å². The molecule has 0 saturated carbocycles. The average molecular weight is 271 g/mol. The molecule has 1 aliphatic rings. The lowest BCUT2D eigenvalue weighted by Crippen LogP contribution is -2.31. The zero-order chi connectivity index (χ0) is 13.3. The lowest BCUT2D eigenvalue weighted by Gasteiger charge is -2.14. The van der Waals surface area contributed by atoms with Crippen molar-refractivity contribution in [2.75, 3.05) is 37.9 Å². The third-order valence-electron chi connectivity index (χ3n) is 2.73. The van der Waals surface area contributed by atoms with Crippen LogP contribution in [-0.2, 0) is 4.79 Å². The van der Waals surface area contributed by atoms with E-state index in [0.717, 1.165) is 13.0 Å². The van der Waals surface area contributed by atoms with Crippen LogP contribution in [0.1, 0.15) is 6.42 Å². The molecular weight excluding hydrogens is 256 g/mol. The van der Waals surface area contributed by atoms with Crippen molar-refractivity contribution in [2.24, 2.45) is 0 Å². The molecule has 1 aromatic rings. The van der Waals surface area contributed by atoms with Gasteiger partial charge in [0.25, 0.3) is 0 Å². The van der Waals surface area contributed by atoms with Gasteiger partial charge in [-0.3, -0.25) is 4.79 Å². The van der Waals surface area contributed by atoms with Gasteiger partial charge in [0.05, 0.1) is 0 Å². The Hall–Kier alpha value is -1.63. The van der Waals surface area contributed by atoms with E-state index in [9.17, 15) is 4.79 Å². The molecule has 1 aliphatic heterocycles. The zero-order valence-corrected chi connectivity index (χ0v) is 11.3. The second-order valence-corrected chi connectivity index (χ2v) is 4.71. The average Bonchev–Trinajstić information content (AvgIpc) is 2.60. The van der Waals surface area contributed by atoms with E-state index in [1.54, 1.807) is 16.8 Å². The van der Waals surface area contributed by atoms with E-state index in [0.29, 0.717) is 11.9 Å². The number of likely N-dealkylation sites (N-methyl/N-ethyl adjacent to an activating group) is 1. The highest BCUT2D eigenvalue weighted by Gasteiger charge is 2.29. The number of nitrogens with one attached hydrogen (secondary N) is 1. The number of hydrogen-bond donors (Lipinski definition) is 1. The van der Waals surface area contributed by atoms with Gasteiger partial charge >= 0.3 is 0 Å². The molecule has 1 atom stereocenters. The van der Waals surface area contributed by atoms with Crippen LogP contribution in [-0.4, -0.2) is 59.5 Å². The molecule has 1 saturated heterocycles. The molecule has 18 heavy (non-hydrogen) atoms. The highest BCUT2D eigenvalue weighted by atomic mass is 35.5. The standard InChI is InChI=1S/C10H15ClN6O/c1-16(2)10-14-8(11)13-9(15-10)12-6-4-5-17(3)7(6)18/h6H,4-5H2,1-3H3,(H,12,13,14,15). The molecule has 1 N–H and O–H groups in total. The molecule has 1 unspecified atom stereocenters. The molecule has 7 nitrogen and oxygen atoms in total. The molecule has 8 heteroatoms. The Kier molecular flexibility index (Phi) is 3.51. The number of hydrogen-bond acceptors (Lipinski definition) is 6. The highest BCUT2D eigenvalue weighted by molar-refractivity contribution is 6.28. The number of nitrogens with zero attached hydrogens (tertiary/aromatic N) is 5. The fourth-order valence-corrected chi connectivity index (χ4v) is 1.87. The van der Waals surface area contributed by atoms with Gasteiger partial charge < -0.3 is 15.1 Å². The minimum absolute atomic E-state index is 0.0398. The molecule has 0 aliphatic carbocycles. The normalized spacial score (nSPS) is 19.2. The number of likely N-dealkylation sites (tertiary alicyclic amines) is 1. The first-order valence-electron chi connectivity index (χ1n) is 5.58. The monoisotopic (exact) mass is 270 g/mol. The largest absolute Gasteiger partial charge is 0.347 e.